The number of nitrogens with one attached hydrogen (secondary N) is 1. The van der Waals surface area contributed by atoms with Crippen LogP contribution >= 0.6 is 0 Å². The van der Waals surface area contributed by atoms with Crippen molar-refractivity contribution < 1.29 is 4.74 Å². The summed E-state index contributed by atoms with van der Waals surface area (Å²) in [5.41, 5.74) is 3.43. The Balaban J connectivity index is 2.39. The third-order valence-electron chi connectivity index (χ3n) is 3.11. The topological polar surface area (TPSA) is 39.1 Å². The summed E-state index contributed by atoms with van der Waals surface area (Å²) in [6.45, 7) is 2.09. The van der Waals surface area contributed by atoms with Gasteiger partial charge in [-0.2, -0.15) is 5.10 Å². The molecular formula is C14H19N3O. The lowest BCUT2D eigenvalue weighted by Crippen LogP contribution is -2.19. The monoisotopic (exact) mass is 245 g/mol. The molecule has 4 nitrogen and oxygen atoms in total. The van der Waals surface area contributed by atoms with Gasteiger partial charge in [-0.25, -0.2) is 0 Å². The lowest BCUT2D eigenvalue weighted by Gasteiger charge is -2.17. The number of hydrogen-bond acceptors (Lipinski definition) is 3. The van der Waals surface area contributed by atoms with Crippen molar-refractivity contribution in [3.63, 3.8) is 0 Å². The van der Waals surface area contributed by atoms with E-state index >= 15 is 0 Å². The quantitative estimate of drug-likeness (QED) is 0.896. The summed E-state index contributed by atoms with van der Waals surface area (Å²) in [5, 5.41) is 7.77. The maximum absolute atomic E-state index is 5.23. The number of nitrogens with zero attached hydrogens (tertiary/aromatic N) is 2. The Hall–Kier alpha value is -1.81. The fourth-order valence-electron chi connectivity index (χ4n) is 2.15. The van der Waals surface area contributed by atoms with Crippen LogP contribution in [0, 0.1) is 6.92 Å². The molecule has 0 radical (unpaired) electrons. The molecule has 2 rings (SSSR count). The Morgan fingerprint density at radius 1 is 1.33 bits per heavy atom. The van der Waals surface area contributed by atoms with Crippen LogP contribution in [-0.2, 0) is 7.05 Å². The van der Waals surface area contributed by atoms with Gasteiger partial charge in [-0.15, -0.1) is 0 Å². The van der Waals surface area contributed by atoms with Crippen molar-refractivity contribution in [1.82, 2.24) is 15.1 Å². The lowest BCUT2D eigenvalue weighted by molar-refractivity contribution is 0.414. The van der Waals surface area contributed by atoms with Crippen molar-refractivity contribution in [2.24, 2.45) is 7.05 Å². The van der Waals surface area contributed by atoms with E-state index in [1.165, 1.54) is 11.1 Å². The minimum absolute atomic E-state index is 0.108. The van der Waals surface area contributed by atoms with Crippen molar-refractivity contribution in [2.45, 2.75) is 13.0 Å². The average Bonchev–Trinajstić information content (AvgIpc) is 2.78. The van der Waals surface area contributed by atoms with Gasteiger partial charge in [0.25, 0.3) is 0 Å². The minimum atomic E-state index is 0.108. The van der Waals surface area contributed by atoms with E-state index in [0.29, 0.717) is 0 Å². The Morgan fingerprint density at radius 2 is 2.11 bits per heavy atom. The van der Waals surface area contributed by atoms with Gasteiger partial charge >= 0.3 is 0 Å². The van der Waals surface area contributed by atoms with Crippen LogP contribution in [-0.4, -0.2) is 23.9 Å². The number of methoxy groups -OCH3 is 1. The summed E-state index contributed by atoms with van der Waals surface area (Å²) in [7, 11) is 5.56. The molecule has 1 atom stereocenters. The molecule has 96 valence electrons. The van der Waals surface area contributed by atoms with Gasteiger partial charge in [-0.3, -0.25) is 4.68 Å². The Morgan fingerprint density at radius 3 is 2.61 bits per heavy atom. The third kappa shape index (κ3) is 2.38. The van der Waals surface area contributed by atoms with Gasteiger partial charge in [0.2, 0.25) is 0 Å². The Kier molecular flexibility index (Phi) is 3.67. The van der Waals surface area contributed by atoms with Gasteiger partial charge in [0.15, 0.2) is 0 Å². The summed E-state index contributed by atoms with van der Waals surface area (Å²) >= 11 is 0. The van der Waals surface area contributed by atoms with Gasteiger partial charge in [0.05, 0.1) is 18.8 Å². The second-order valence-electron chi connectivity index (χ2n) is 4.36. The standard InChI is InChI=1S/C14H19N3O/c1-10-9-11(18-4)5-6-12(10)14(15-2)13-7-8-17(3)16-13/h5-9,14-15H,1-4H3. The highest BCUT2D eigenvalue weighted by Crippen LogP contribution is 2.26. The molecule has 1 heterocycles. The molecule has 1 N–H and O–H groups in total. The summed E-state index contributed by atoms with van der Waals surface area (Å²) in [6.07, 6.45) is 1.96. The smallest absolute Gasteiger partial charge is 0.119 e. The van der Waals surface area contributed by atoms with Crippen LogP contribution in [0.5, 0.6) is 5.75 Å². The first-order chi connectivity index (χ1) is 8.65. The zero-order chi connectivity index (χ0) is 13.1. The molecule has 4 heteroatoms. The summed E-state index contributed by atoms with van der Waals surface area (Å²) in [6, 6.07) is 8.25. The first-order valence-corrected chi connectivity index (χ1v) is 5.97. The second kappa shape index (κ2) is 5.23. The average molecular weight is 245 g/mol. The molecule has 1 aromatic heterocycles. The Bertz CT molecular complexity index is 534. The van der Waals surface area contributed by atoms with Crippen LogP contribution in [0.1, 0.15) is 22.9 Å². The number of benzene rings is 1. The molecule has 0 spiro atoms. The van der Waals surface area contributed by atoms with E-state index in [1.807, 2.05) is 43.2 Å². The summed E-state index contributed by atoms with van der Waals surface area (Å²) in [5.74, 6) is 0.882. The molecule has 1 aromatic carbocycles. The van der Waals surface area contributed by atoms with E-state index in [2.05, 4.69) is 23.4 Å². The molecule has 0 bridgehead atoms. The van der Waals surface area contributed by atoms with Crippen molar-refractivity contribution >= 4 is 0 Å². The SMILES string of the molecule is CNC(c1ccn(C)n1)c1ccc(OC)cc1C. The van der Waals surface area contributed by atoms with E-state index in [0.717, 1.165) is 11.4 Å². The largest absolute Gasteiger partial charge is 0.497 e. The molecule has 18 heavy (non-hydrogen) atoms. The number of aryl methyl sites for hydroxylation is 2. The van der Waals surface area contributed by atoms with Gasteiger partial charge in [0, 0.05) is 13.2 Å². The van der Waals surface area contributed by atoms with Crippen LogP contribution in [0.25, 0.3) is 0 Å². The number of aromatic nitrogens is 2. The molecule has 0 aliphatic carbocycles. The number of ether oxygens (including phenoxy) is 1. The van der Waals surface area contributed by atoms with E-state index in [4.69, 9.17) is 4.74 Å². The van der Waals surface area contributed by atoms with Gasteiger partial charge in [0.1, 0.15) is 5.75 Å². The highest BCUT2D eigenvalue weighted by molar-refractivity contribution is 5.39. The van der Waals surface area contributed by atoms with Crippen molar-refractivity contribution in [2.75, 3.05) is 14.2 Å². The first kappa shape index (κ1) is 12.6. The molecule has 0 fully saturated rings. The van der Waals surface area contributed by atoms with Crippen LogP contribution in [0.4, 0.5) is 0 Å². The van der Waals surface area contributed by atoms with Crippen LogP contribution in [0.15, 0.2) is 30.5 Å². The van der Waals surface area contributed by atoms with Crippen molar-refractivity contribution in [1.29, 1.82) is 0 Å². The van der Waals surface area contributed by atoms with Crippen molar-refractivity contribution in [3.05, 3.63) is 47.3 Å². The zero-order valence-corrected chi connectivity index (χ0v) is 11.3. The molecule has 0 saturated carbocycles. The van der Waals surface area contributed by atoms with E-state index in [-0.39, 0.29) is 6.04 Å². The molecule has 0 aliphatic heterocycles. The molecule has 2 aromatic rings. The first-order valence-electron chi connectivity index (χ1n) is 5.97. The normalized spacial score (nSPS) is 12.4. The lowest BCUT2D eigenvalue weighted by atomic mass is 9.99. The third-order valence-corrected chi connectivity index (χ3v) is 3.11. The van der Waals surface area contributed by atoms with E-state index < -0.39 is 0 Å². The van der Waals surface area contributed by atoms with Gasteiger partial charge in [-0.05, 0) is 43.3 Å². The van der Waals surface area contributed by atoms with Gasteiger partial charge in [-0.1, -0.05) is 6.07 Å². The van der Waals surface area contributed by atoms with Crippen molar-refractivity contribution in [3.8, 4) is 5.75 Å². The van der Waals surface area contributed by atoms with Crippen LogP contribution < -0.4 is 10.1 Å². The molecular weight excluding hydrogens is 226 g/mol. The predicted molar refractivity (Wildman–Crippen MR) is 71.8 cm³/mol. The van der Waals surface area contributed by atoms with Crippen LogP contribution in [0.2, 0.25) is 0 Å². The fourth-order valence-corrected chi connectivity index (χ4v) is 2.15. The van der Waals surface area contributed by atoms with Gasteiger partial charge < -0.3 is 10.1 Å². The second-order valence-corrected chi connectivity index (χ2v) is 4.36. The summed E-state index contributed by atoms with van der Waals surface area (Å²) in [4.78, 5) is 0. The van der Waals surface area contributed by atoms with Crippen LogP contribution in [0.3, 0.4) is 0 Å². The maximum atomic E-state index is 5.23. The maximum Gasteiger partial charge on any atom is 0.119 e. The number of hydrogen-bond donors (Lipinski definition) is 1. The zero-order valence-electron chi connectivity index (χ0n) is 11.3. The molecule has 0 aliphatic rings. The number of rotatable bonds is 4. The van der Waals surface area contributed by atoms with E-state index in [9.17, 15) is 0 Å². The fraction of sp³-hybridized carbons (Fsp3) is 0.357. The summed E-state index contributed by atoms with van der Waals surface area (Å²) < 4.78 is 7.05. The Labute approximate surface area is 108 Å². The van der Waals surface area contributed by atoms with E-state index in [1.54, 1.807) is 7.11 Å². The minimum Gasteiger partial charge on any atom is -0.497 e. The predicted octanol–water partition coefficient (Wildman–Crippen LogP) is 2.05. The molecule has 1 unspecified atom stereocenters. The molecule has 0 saturated heterocycles. The molecule has 0 amide bonds. The highest BCUT2D eigenvalue weighted by atomic mass is 16.5. The highest BCUT2D eigenvalue weighted by Gasteiger charge is 2.16.